The van der Waals surface area contributed by atoms with E-state index in [0.29, 0.717) is 12.3 Å². The lowest BCUT2D eigenvalue weighted by Gasteiger charge is -2.22. The van der Waals surface area contributed by atoms with Crippen LogP contribution in [-0.4, -0.2) is 34.3 Å². The van der Waals surface area contributed by atoms with Gasteiger partial charge in [-0.3, -0.25) is 4.98 Å². The average molecular weight is 252 g/mol. The van der Waals surface area contributed by atoms with E-state index in [0.717, 1.165) is 24.6 Å². The van der Waals surface area contributed by atoms with Crippen LogP contribution in [0.15, 0.2) is 12.4 Å². The molecule has 0 spiro atoms. The SMILES string of the molecule is CCCNc1cncc(NC(CCO)C(C)C)n1. The molecule has 1 heterocycles. The first kappa shape index (κ1) is 14.7. The molecule has 0 aliphatic rings. The van der Waals surface area contributed by atoms with Gasteiger partial charge in [-0.25, -0.2) is 4.98 Å². The van der Waals surface area contributed by atoms with Crippen LogP contribution >= 0.6 is 0 Å². The van der Waals surface area contributed by atoms with Gasteiger partial charge in [0.2, 0.25) is 0 Å². The molecule has 5 nitrogen and oxygen atoms in total. The number of anilines is 2. The van der Waals surface area contributed by atoms with Gasteiger partial charge in [-0.05, 0) is 18.8 Å². The highest BCUT2D eigenvalue weighted by Crippen LogP contribution is 2.14. The van der Waals surface area contributed by atoms with Gasteiger partial charge in [0.1, 0.15) is 11.6 Å². The van der Waals surface area contributed by atoms with Crippen LogP contribution in [0.3, 0.4) is 0 Å². The molecule has 0 aliphatic heterocycles. The minimum atomic E-state index is 0.178. The molecule has 1 aromatic rings. The first-order chi connectivity index (χ1) is 8.67. The Morgan fingerprint density at radius 1 is 1.28 bits per heavy atom. The molecule has 1 aromatic heterocycles. The molecule has 18 heavy (non-hydrogen) atoms. The predicted molar refractivity (Wildman–Crippen MR) is 74.8 cm³/mol. The average Bonchev–Trinajstić information content (AvgIpc) is 2.36. The second-order valence-corrected chi connectivity index (χ2v) is 4.72. The summed E-state index contributed by atoms with van der Waals surface area (Å²) in [5.74, 6) is 1.97. The summed E-state index contributed by atoms with van der Waals surface area (Å²) in [5, 5.41) is 15.6. The van der Waals surface area contributed by atoms with Crippen LogP contribution in [-0.2, 0) is 0 Å². The molecule has 0 amide bonds. The molecule has 0 aromatic carbocycles. The van der Waals surface area contributed by atoms with Gasteiger partial charge in [-0.1, -0.05) is 20.8 Å². The number of aliphatic hydroxyl groups is 1. The largest absolute Gasteiger partial charge is 0.396 e. The predicted octanol–water partition coefficient (Wildman–Crippen LogP) is 2.12. The topological polar surface area (TPSA) is 70.1 Å². The first-order valence-corrected chi connectivity index (χ1v) is 6.60. The Hall–Kier alpha value is -1.36. The second-order valence-electron chi connectivity index (χ2n) is 4.72. The summed E-state index contributed by atoms with van der Waals surface area (Å²) in [7, 11) is 0. The minimum absolute atomic E-state index is 0.178. The monoisotopic (exact) mass is 252 g/mol. The number of rotatable bonds is 8. The third-order valence-electron chi connectivity index (χ3n) is 2.77. The van der Waals surface area contributed by atoms with Crippen LogP contribution in [0.5, 0.6) is 0 Å². The second kappa shape index (κ2) is 7.87. The normalized spacial score (nSPS) is 12.5. The van der Waals surface area contributed by atoms with Crippen molar-refractivity contribution in [1.29, 1.82) is 0 Å². The molecule has 0 fully saturated rings. The maximum absolute atomic E-state index is 9.05. The Bertz CT molecular complexity index is 344. The van der Waals surface area contributed by atoms with E-state index in [2.05, 4.69) is 41.4 Å². The van der Waals surface area contributed by atoms with Gasteiger partial charge in [0.25, 0.3) is 0 Å². The molecule has 1 rings (SSSR count). The highest BCUT2D eigenvalue weighted by atomic mass is 16.3. The number of hydrogen-bond donors (Lipinski definition) is 3. The van der Waals surface area contributed by atoms with E-state index in [4.69, 9.17) is 5.11 Å². The number of nitrogens with one attached hydrogen (secondary N) is 2. The van der Waals surface area contributed by atoms with E-state index in [1.54, 1.807) is 12.4 Å². The van der Waals surface area contributed by atoms with Gasteiger partial charge in [0, 0.05) is 19.2 Å². The van der Waals surface area contributed by atoms with Crippen molar-refractivity contribution in [2.45, 2.75) is 39.7 Å². The van der Waals surface area contributed by atoms with Crippen LogP contribution in [0.1, 0.15) is 33.6 Å². The van der Waals surface area contributed by atoms with Gasteiger partial charge in [-0.2, -0.15) is 0 Å². The van der Waals surface area contributed by atoms with E-state index in [-0.39, 0.29) is 12.6 Å². The Labute approximate surface area is 109 Å². The lowest BCUT2D eigenvalue weighted by atomic mass is 10.0. The van der Waals surface area contributed by atoms with Crippen molar-refractivity contribution in [2.24, 2.45) is 5.92 Å². The van der Waals surface area contributed by atoms with Gasteiger partial charge in [0.05, 0.1) is 12.4 Å². The van der Waals surface area contributed by atoms with Crippen molar-refractivity contribution in [3.8, 4) is 0 Å². The molecule has 0 bridgehead atoms. The summed E-state index contributed by atoms with van der Waals surface area (Å²) in [6.07, 6.45) is 5.20. The maximum Gasteiger partial charge on any atom is 0.147 e. The summed E-state index contributed by atoms with van der Waals surface area (Å²) < 4.78 is 0. The summed E-state index contributed by atoms with van der Waals surface area (Å²) >= 11 is 0. The fourth-order valence-electron chi connectivity index (χ4n) is 1.67. The van der Waals surface area contributed by atoms with Gasteiger partial charge in [-0.15, -0.1) is 0 Å². The number of aromatic nitrogens is 2. The van der Waals surface area contributed by atoms with Crippen LogP contribution < -0.4 is 10.6 Å². The maximum atomic E-state index is 9.05. The summed E-state index contributed by atoms with van der Waals surface area (Å²) in [5.41, 5.74) is 0. The van der Waals surface area contributed by atoms with Crippen molar-refractivity contribution < 1.29 is 5.11 Å². The Kier molecular flexibility index (Phi) is 6.43. The molecular weight excluding hydrogens is 228 g/mol. The molecule has 3 N–H and O–H groups in total. The van der Waals surface area contributed by atoms with Crippen molar-refractivity contribution >= 4 is 11.6 Å². The molecule has 0 aliphatic carbocycles. The van der Waals surface area contributed by atoms with Crippen LogP contribution in [0, 0.1) is 5.92 Å². The lowest BCUT2D eigenvalue weighted by molar-refractivity contribution is 0.267. The number of hydrogen-bond acceptors (Lipinski definition) is 5. The van der Waals surface area contributed by atoms with E-state index in [1.807, 2.05) is 0 Å². The van der Waals surface area contributed by atoms with Crippen molar-refractivity contribution in [2.75, 3.05) is 23.8 Å². The fourth-order valence-corrected chi connectivity index (χ4v) is 1.67. The van der Waals surface area contributed by atoms with Crippen LogP contribution in [0.2, 0.25) is 0 Å². The zero-order valence-electron chi connectivity index (χ0n) is 11.5. The molecule has 0 radical (unpaired) electrons. The molecular formula is C13H24N4O. The minimum Gasteiger partial charge on any atom is -0.396 e. The Balaban J connectivity index is 2.64. The van der Waals surface area contributed by atoms with Crippen molar-refractivity contribution in [1.82, 2.24) is 9.97 Å². The van der Waals surface area contributed by atoms with E-state index in [9.17, 15) is 0 Å². The zero-order chi connectivity index (χ0) is 13.4. The van der Waals surface area contributed by atoms with Crippen molar-refractivity contribution in [3.63, 3.8) is 0 Å². The Morgan fingerprint density at radius 2 is 2.00 bits per heavy atom. The van der Waals surface area contributed by atoms with Gasteiger partial charge >= 0.3 is 0 Å². The first-order valence-electron chi connectivity index (χ1n) is 6.60. The van der Waals surface area contributed by atoms with Gasteiger partial charge in [0.15, 0.2) is 0 Å². The highest BCUT2D eigenvalue weighted by Gasteiger charge is 2.13. The summed E-state index contributed by atoms with van der Waals surface area (Å²) in [6, 6.07) is 0.214. The zero-order valence-corrected chi connectivity index (χ0v) is 11.5. The third-order valence-corrected chi connectivity index (χ3v) is 2.77. The van der Waals surface area contributed by atoms with Crippen molar-refractivity contribution in [3.05, 3.63) is 12.4 Å². The molecule has 0 saturated heterocycles. The number of aliphatic hydroxyl groups excluding tert-OH is 1. The third kappa shape index (κ3) is 4.87. The Morgan fingerprint density at radius 3 is 2.61 bits per heavy atom. The number of nitrogens with zero attached hydrogens (tertiary/aromatic N) is 2. The summed E-state index contributed by atoms with van der Waals surface area (Å²) in [6.45, 7) is 7.43. The van der Waals surface area contributed by atoms with E-state index < -0.39 is 0 Å². The molecule has 5 heteroatoms. The molecule has 0 saturated carbocycles. The quantitative estimate of drug-likeness (QED) is 0.661. The standard InChI is InChI=1S/C13H24N4O/c1-4-6-15-12-8-14-9-13(17-12)16-11(5-7-18)10(2)3/h8-11,18H,4-7H2,1-3H3,(H2,15,16,17). The van der Waals surface area contributed by atoms with Crippen LogP contribution in [0.25, 0.3) is 0 Å². The summed E-state index contributed by atoms with van der Waals surface area (Å²) in [4.78, 5) is 8.61. The smallest absolute Gasteiger partial charge is 0.147 e. The van der Waals surface area contributed by atoms with Crippen LogP contribution in [0.4, 0.5) is 11.6 Å². The van der Waals surface area contributed by atoms with E-state index in [1.165, 1.54) is 0 Å². The highest BCUT2D eigenvalue weighted by molar-refractivity contribution is 5.42. The van der Waals surface area contributed by atoms with E-state index >= 15 is 0 Å². The van der Waals surface area contributed by atoms with Gasteiger partial charge < -0.3 is 15.7 Å². The molecule has 102 valence electrons. The molecule has 1 atom stereocenters. The lowest BCUT2D eigenvalue weighted by Crippen LogP contribution is -2.27. The molecule has 1 unspecified atom stereocenters. The fraction of sp³-hybridized carbons (Fsp3) is 0.692.